The normalized spacial score (nSPS) is 10.9. The fraction of sp³-hybridized carbons (Fsp3) is 0.200. The number of halogens is 1. The number of rotatable bonds is 7. The van der Waals surface area contributed by atoms with Crippen LogP contribution in [0.4, 0.5) is 11.4 Å². The largest absolute Gasteiger partial charge is 0.436 e. The van der Waals surface area contributed by atoms with Crippen molar-refractivity contribution in [1.82, 2.24) is 4.98 Å². The summed E-state index contributed by atoms with van der Waals surface area (Å²) in [6.07, 6.45) is 0.276. The molecule has 0 fully saturated rings. The van der Waals surface area contributed by atoms with Crippen LogP contribution in [-0.2, 0) is 11.2 Å². The Morgan fingerprint density at radius 1 is 1.00 bits per heavy atom. The van der Waals surface area contributed by atoms with Crippen LogP contribution < -0.4 is 10.2 Å². The quantitative estimate of drug-likeness (QED) is 0.378. The van der Waals surface area contributed by atoms with Crippen molar-refractivity contribution in [2.24, 2.45) is 0 Å². The van der Waals surface area contributed by atoms with Crippen LogP contribution in [0, 0.1) is 0 Å². The second kappa shape index (κ2) is 9.23. The fourth-order valence-electron chi connectivity index (χ4n) is 3.53. The van der Waals surface area contributed by atoms with Crippen molar-refractivity contribution in [3.63, 3.8) is 0 Å². The molecule has 4 rings (SSSR count). The van der Waals surface area contributed by atoms with E-state index < -0.39 is 0 Å². The van der Waals surface area contributed by atoms with E-state index in [9.17, 15) is 4.79 Å². The number of oxazole rings is 1. The van der Waals surface area contributed by atoms with Gasteiger partial charge in [0.1, 0.15) is 5.52 Å². The molecule has 31 heavy (non-hydrogen) atoms. The van der Waals surface area contributed by atoms with Gasteiger partial charge in [0.25, 0.3) is 0 Å². The molecule has 1 N–H and O–H groups in total. The number of fused-ring (bicyclic) bond motifs is 1. The number of benzene rings is 3. The number of amides is 1. The monoisotopic (exact) mass is 433 g/mol. The molecule has 5 nitrogen and oxygen atoms in total. The second-order valence-corrected chi connectivity index (χ2v) is 7.71. The van der Waals surface area contributed by atoms with Crippen molar-refractivity contribution in [3.8, 4) is 11.5 Å². The molecule has 1 amide bonds. The number of hydrogen-bond acceptors (Lipinski definition) is 4. The molecule has 0 aliphatic rings. The first kappa shape index (κ1) is 20.9. The molecule has 0 saturated heterocycles. The lowest BCUT2D eigenvalue weighted by atomic mass is 10.1. The van der Waals surface area contributed by atoms with E-state index in [1.807, 2.05) is 42.5 Å². The minimum atomic E-state index is -0.0996. The topological polar surface area (TPSA) is 58.4 Å². The zero-order chi connectivity index (χ0) is 21.8. The zero-order valence-electron chi connectivity index (χ0n) is 17.6. The van der Waals surface area contributed by atoms with Crippen molar-refractivity contribution >= 4 is 40.0 Å². The van der Waals surface area contributed by atoms with Crippen LogP contribution in [0.2, 0.25) is 5.02 Å². The Morgan fingerprint density at radius 3 is 2.39 bits per heavy atom. The third-order valence-electron chi connectivity index (χ3n) is 5.19. The molecule has 1 heterocycles. The van der Waals surface area contributed by atoms with E-state index >= 15 is 0 Å². The molecular formula is C25H24ClN3O2. The summed E-state index contributed by atoms with van der Waals surface area (Å²) in [5.74, 6) is 0.461. The lowest BCUT2D eigenvalue weighted by molar-refractivity contribution is -0.115. The average molecular weight is 434 g/mol. The van der Waals surface area contributed by atoms with Gasteiger partial charge in [0.05, 0.1) is 6.42 Å². The second-order valence-electron chi connectivity index (χ2n) is 7.27. The summed E-state index contributed by atoms with van der Waals surface area (Å²) in [5, 5.41) is 3.57. The molecule has 4 aromatic rings. The number of carbonyl (C=O) groups is 1. The fourth-order valence-corrected chi connectivity index (χ4v) is 3.65. The summed E-state index contributed by atoms with van der Waals surface area (Å²) in [4.78, 5) is 19.3. The van der Waals surface area contributed by atoms with Crippen LogP contribution in [-0.4, -0.2) is 24.0 Å². The van der Waals surface area contributed by atoms with Gasteiger partial charge in [0.15, 0.2) is 5.58 Å². The predicted octanol–water partition coefficient (Wildman–Crippen LogP) is 6.18. The van der Waals surface area contributed by atoms with E-state index in [1.165, 1.54) is 5.69 Å². The van der Waals surface area contributed by atoms with Gasteiger partial charge in [-0.2, -0.15) is 0 Å². The molecule has 0 atom stereocenters. The summed E-state index contributed by atoms with van der Waals surface area (Å²) in [5.41, 5.74) is 5.06. The molecule has 0 bridgehead atoms. The van der Waals surface area contributed by atoms with Crippen molar-refractivity contribution < 1.29 is 9.21 Å². The van der Waals surface area contributed by atoms with E-state index in [0.29, 0.717) is 27.7 Å². The highest BCUT2D eigenvalue weighted by Crippen LogP contribution is 2.28. The number of aromatic nitrogens is 1. The molecule has 3 aromatic carbocycles. The Morgan fingerprint density at radius 2 is 1.71 bits per heavy atom. The molecule has 158 valence electrons. The highest BCUT2D eigenvalue weighted by molar-refractivity contribution is 6.30. The third kappa shape index (κ3) is 4.89. The first-order chi connectivity index (χ1) is 15.1. The lowest BCUT2D eigenvalue weighted by Crippen LogP contribution is -2.21. The van der Waals surface area contributed by atoms with Crippen LogP contribution >= 0.6 is 11.6 Å². The van der Waals surface area contributed by atoms with Gasteiger partial charge in [-0.15, -0.1) is 0 Å². The van der Waals surface area contributed by atoms with E-state index in [0.717, 1.165) is 24.2 Å². The third-order valence-corrected chi connectivity index (χ3v) is 5.44. The average Bonchev–Trinajstić information content (AvgIpc) is 3.20. The van der Waals surface area contributed by atoms with Gasteiger partial charge in [-0.3, -0.25) is 4.79 Å². The molecule has 0 saturated carbocycles. The summed E-state index contributed by atoms with van der Waals surface area (Å²) < 4.78 is 5.92. The minimum absolute atomic E-state index is 0.0996. The summed E-state index contributed by atoms with van der Waals surface area (Å²) in [6.45, 7) is 6.21. The lowest BCUT2D eigenvalue weighted by Gasteiger charge is -2.20. The molecule has 0 aliphatic heterocycles. The molecule has 0 spiro atoms. The highest BCUT2D eigenvalue weighted by atomic mass is 35.5. The predicted molar refractivity (Wildman–Crippen MR) is 127 cm³/mol. The van der Waals surface area contributed by atoms with E-state index in [2.05, 4.69) is 41.2 Å². The Bertz CT molecular complexity index is 1180. The van der Waals surface area contributed by atoms with Crippen LogP contribution in [0.3, 0.4) is 0 Å². The summed E-state index contributed by atoms with van der Waals surface area (Å²) >= 11 is 5.90. The van der Waals surface area contributed by atoms with Crippen LogP contribution in [0.1, 0.15) is 19.4 Å². The Hall–Kier alpha value is -3.31. The number of nitrogens with one attached hydrogen (secondary N) is 1. The minimum Gasteiger partial charge on any atom is -0.436 e. The zero-order valence-corrected chi connectivity index (χ0v) is 18.3. The first-order valence-corrected chi connectivity index (χ1v) is 10.7. The van der Waals surface area contributed by atoms with Crippen molar-refractivity contribution in [2.45, 2.75) is 20.3 Å². The number of nitrogens with zero attached hydrogens (tertiary/aromatic N) is 2. The highest BCUT2D eigenvalue weighted by Gasteiger charge is 2.11. The molecule has 0 radical (unpaired) electrons. The van der Waals surface area contributed by atoms with E-state index in [4.69, 9.17) is 16.0 Å². The van der Waals surface area contributed by atoms with Gasteiger partial charge >= 0.3 is 0 Å². The SMILES string of the molecule is CCN(CC)c1ccc(-c2nc3cc(NC(=O)Cc4ccc(Cl)cc4)ccc3o2)cc1. The number of hydrogen-bond donors (Lipinski definition) is 1. The van der Waals surface area contributed by atoms with Crippen molar-refractivity contribution in [3.05, 3.63) is 77.3 Å². The van der Waals surface area contributed by atoms with Crippen LogP contribution in [0.15, 0.2) is 71.1 Å². The van der Waals surface area contributed by atoms with E-state index in [1.54, 1.807) is 12.1 Å². The molecular weight excluding hydrogens is 410 g/mol. The molecule has 0 aliphatic carbocycles. The van der Waals surface area contributed by atoms with Gasteiger partial charge < -0.3 is 14.6 Å². The summed E-state index contributed by atoms with van der Waals surface area (Å²) in [7, 11) is 0. The molecule has 6 heteroatoms. The van der Waals surface area contributed by atoms with Gasteiger partial charge in [0, 0.05) is 35.1 Å². The molecule has 0 unspecified atom stereocenters. The van der Waals surface area contributed by atoms with Gasteiger partial charge in [-0.1, -0.05) is 23.7 Å². The smallest absolute Gasteiger partial charge is 0.228 e. The van der Waals surface area contributed by atoms with Gasteiger partial charge in [0.2, 0.25) is 11.8 Å². The maximum absolute atomic E-state index is 12.4. The maximum atomic E-state index is 12.4. The van der Waals surface area contributed by atoms with Crippen LogP contribution in [0.25, 0.3) is 22.6 Å². The Labute approximate surface area is 186 Å². The maximum Gasteiger partial charge on any atom is 0.228 e. The standard InChI is InChI=1S/C25H24ClN3O2/c1-3-29(4-2)21-12-7-18(8-13-21)25-28-22-16-20(11-14-23(22)31-25)27-24(30)15-17-5-9-19(26)10-6-17/h5-14,16H,3-4,15H2,1-2H3,(H,27,30). The Balaban J connectivity index is 1.49. The summed E-state index contributed by atoms with van der Waals surface area (Å²) in [6, 6.07) is 20.9. The van der Waals surface area contributed by atoms with Crippen LogP contribution in [0.5, 0.6) is 0 Å². The van der Waals surface area contributed by atoms with Gasteiger partial charge in [-0.25, -0.2) is 4.98 Å². The van der Waals surface area contributed by atoms with Crippen molar-refractivity contribution in [2.75, 3.05) is 23.3 Å². The molecule has 1 aromatic heterocycles. The number of carbonyl (C=O) groups excluding carboxylic acids is 1. The first-order valence-electron chi connectivity index (χ1n) is 10.4. The van der Waals surface area contributed by atoms with Gasteiger partial charge in [-0.05, 0) is 74.0 Å². The van der Waals surface area contributed by atoms with E-state index in [-0.39, 0.29) is 12.3 Å². The Kier molecular flexibility index (Phi) is 6.23. The van der Waals surface area contributed by atoms with Crippen molar-refractivity contribution in [1.29, 1.82) is 0 Å². The number of anilines is 2.